The summed E-state index contributed by atoms with van der Waals surface area (Å²) in [7, 11) is 1.58. The summed E-state index contributed by atoms with van der Waals surface area (Å²) in [6.07, 6.45) is -4.40. The van der Waals surface area contributed by atoms with Crippen LogP contribution in [0.15, 0.2) is 30.3 Å². The number of hydrogen-bond acceptors (Lipinski definition) is 3. The van der Waals surface area contributed by atoms with Crippen LogP contribution in [0, 0.1) is 13.8 Å². The van der Waals surface area contributed by atoms with Gasteiger partial charge in [-0.2, -0.15) is 18.0 Å². The monoisotopic (exact) mass is 321 g/mol. The minimum atomic E-state index is -4.40. The highest BCUT2D eigenvalue weighted by Crippen LogP contribution is 2.31. The lowest BCUT2D eigenvalue weighted by Gasteiger charge is -2.11. The summed E-state index contributed by atoms with van der Waals surface area (Å²) in [5, 5.41) is 8.44. The quantitative estimate of drug-likeness (QED) is 0.714. The summed E-state index contributed by atoms with van der Waals surface area (Å²) >= 11 is 0. The van der Waals surface area contributed by atoms with Gasteiger partial charge >= 0.3 is 6.18 Å². The maximum Gasteiger partial charge on any atom is 0.416 e. The predicted octanol–water partition coefficient (Wildman–Crippen LogP) is 4.06. The first-order valence-corrected chi connectivity index (χ1v) is 6.90. The molecule has 23 heavy (non-hydrogen) atoms. The van der Waals surface area contributed by atoms with Gasteiger partial charge in [0.1, 0.15) is 16.8 Å². The minimum absolute atomic E-state index is 0.202. The molecule has 0 bridgehead atoms. The Morgan fingerprint density at radius 2 is 1.65 bits per heavy atom. The molecule has 1 heterocycles. The molecule has 4 nitrogen and oxygen atoms in total. The van der Waals surface area contributed by atoms with Crippen LogP contribution in [0.2, 0.25) is 0 Å². The molecule has 0 aliphatic heterocycles. The highest BCUT2D eigenvalue weighted by atomic mass is 19.4. The molecule has 0 atom stereocenters. The van der Waals surface area contributed by atoms with Crippen molar-refractivity contribution in [3.05, 3.63) is 47.0 Å². The Morgan fingerprint density at radius 1 is 0.957 bits per heavy atom. The van der Waals surface area contributed by atoms with Crippen molar-refractivity contribution < 1.29 is 17.9 Å². The Balaban J connectivity index is 2.13. The van der Waals surface area contributed by atoms with E-state index in [9.17, 15) is 13.2 Å². The van der Waals surface area contributed by atoms with Gasteiger partial charge in [0.15, 0.2) is 0 Å². The first-order chi connectivity index (χ1) is 10.8. The average molecular weight is 321 g/mol. The molecular formula is C16H14F3N3O. The number of ether oxygens (including phenoxy) is 1. The van der Waals surface area contributed by atoms with Crippen molar-refractivity contribution in [2.24, 2.45) is 0 Å². The zero-order valence-electron chi connectivity index (χ0n) is 12.8. The molecule has 0 saturated carbocycles. The van der Waals surface area contributed by atoms with Gasteiger partial charge in [-0.25, -0.2) is 0 Å². The third-order valence-electron chi connectivity index (χ3n) is 3.85. The lowest BCUT2D eigenvalue weighted by Crippen LogP contribution is -2.04. The van der Waals surface area contributed by atoms with Gasteiger partial charge in [0.25, 0.3) is 0 Å². The van der Waals surface area contributed by atoms with E-state index < -0.39 is 11.7 Å². The van der Waals surface area contributed by atoms with E-state index in [4.69, 9.17) is 4.74 Å². The number of benzene rings is 2. The first kappa shape index (κ1) is 15.3. The summed E-state index contributed by atoms with van der Waals surface area (Å²) in [4.78, 5) is 1.35. The number of fused-ring (bicyclic) bond motifs is 1. The summed E-state index contributed by atoms with van der Waals surface area (Å²) < 4.78 is 43.6. The number of alkyl halides is 3. The Bertz CT molecular complexity index is 884. The van der Waals surface area contributed by atoms with E-state index in [0.717, 1.165) is 29.0 Å². The lowest BCUT2D eigenvalue weighted by atomic mass is 10.1. The topological polar surface area (TPSA) is 39.9 Å². The van der Waals surface area contributed by atoms with Gasteiger partial charge in [-0.05, 0) is 55.3 Å². The van der Waals surface area contributed by atoms with E-state index in [-0.39, 0.29) is 5.52 Å². The number of aromatic nitrogens is 3. The van der Waals surface area contributed by atoms with Crippen LogP contribution in [0.25, 0.3) is 16.7 Å². The largest absolute Gasteiger partial charge is 0.496 e. The second kappa shape index (κ2) is 5.26. The van der Waals surface area contributed by atoms with E-state index in [1.165, 1.54) is 10.9 Å². The van der Waals surface area contributed by atoms with E-state index in [1.807, 2.05) is 13.8 Å². The van der Waals surface area contributed by atoms with Crippen LogP contribution >= 0.6 is 0 Å². The molecule has 3 rings (SSSR count). The highest BCUT2D eigenvalue weighted by molar-refractivity contribution is 5.75. The van der Waals surface area contributed by atoms with Crippen LogP contribution < -0.4 is 4.74 Å². The van der Waals surface area contributed by atoms with Crippen molar-refractivity contribution in [1.82, 2.24) is 15.0 Å². The molecule has 0 spiro atoms. The van der Waals surface area contributed by atoms with Crippen molar-refractivity contribution in [2.45, 2.75) is 20.0 Å². The van der Waals surface area contributed by atoms with E-state index in [2.05, 4.69) is 10.2 Å². The number of rotatable bonds is 2. The fraction of sp³-hybridized carbons (Fsp3) is 0.250. The summed E-state index contributed by atoms with van der Waals surface area (Å²) in [5.41, 5.74) is 2.41. The van der Waals surface area contributed by atoms with Crippen LogP contribution in [0.5, 0.6) is 5.75 Å². The average Bonchev–Trinajstić information content (AvgIpc) is 2.91. The maximum atomic E-state index is 12.8. The molecule has 0 amide bonds. The van der Waals surface area contributed by atoms with E-state index >= 15 is 0 Å². The molecule has 0 unspecified atom stereocenters. The fourth-order valence-electron chi connectivity index (χ4n) is 2.42. The SMILES string of the molecule is COc1ccc(-n2nc3ccc(C(F)(F)F)cc3n2)c(C)c1C. The number of nitrogens with zero attached hydrogens (tertiary/aromatic N) is 3. The van der Waals surface area contributed by atoms with Gasteiger partial charge in [-0.1, -0.05) is 0 Å². The molecule has 7 heteroatoms. The normalized spacial score (nSPS) is 11.9. The number of methoxy groups -OCH3 is 1. The zero-order chi connectivity index (χ0) is 16.8. The molecule has 0 aliphatic carbocycles. The summed E-state index contributed by atoms with van der Waals surface area (Å²) in [6.45, 7) is 3.80. The molecule has 0 saturated heterocycles. The van der Waals surface area contributed by atoms with Crippen molar-refractivity contribution >= 4 is 11.0 Å². The third kappa shape index (κ3) is 2.62. The van der Waals surface area contributed by atoms with Gasteiger partial charge in [0.05, 0.1) is 18.4 Å². The molecule has 0 radical (unpaired) electrons. The molecule has 1 aromatic heterocycles. The predicted molar refractivity (Wildman–Crippen MR) is 79.9 cm³/mol. The molecule has 3 aromatic rings. The molecule has 0 fully saturated rings. The smallest absolute Gasteiger partial charge is 0.416 e. The Hall–Kier alpha value is -2.57. The van der Waals surface area contributed by atoms with Crippen molar-refractivity contribution in [3.8, 4) is 11.4 Å². The van der Waals surface area contributed by atoms with Crippen LogP contribution in [0.3, 0.4) is 0 Å². The standard InChI is InChI=1S/C16H14F3N3O/c1-9-10(2)15(23-3)7-6-14(9)22-20-12-5-4-11(16(17,18)19)8-13(12)21-22/h4-8H,1-3H3. The zero-order valence-corrected chi connectivity index (χ0v) is 12.8. The van der Waals surface area contributed by atoms with E-state index in [1.54, 1.807) is 19.2 Å². The second-order valence-corrected chi connectivity index (χ2v) is 5.23. The van der Waals surface area contributed by atoms with Gasteiger partial charge < -0.3 is 4.74 Å². The molecule has 0 aliphatic rings. The maximum absolute atomic E-state index is 12.8. The van der Waals surface area contributed by atoms with Crippen LogP contribution in [-0.2, 0) is 6.18 Å². The fourth-order valence-corrected chi connectivity index (χ4v) is 2.42. The third-order valence-corrected chi connectivity index (χ3v) is 3.85. The number of hydrogen-bond donors (Lipinski definition) is 0. The molecule has 120 valence electrons. The van der Waals surface area contributed by atoms with Gasteiger partial charge in [0, 0.05) is 0 Å². The van der Waals surface area contributed by atoms with E-state index in [0.29, 0.717) is 11.2 Å². The second-order valence-electron chi connectivity index (χ2n) is 5.23. The van der Waals surface area contributed by atoms with Gasteiger partial charge in [-0.15, -0.1) is 10.2 Å². The summed E-state index contributed by atoms with van der Waals surface area (Å²) in [6, 6.07) is 6.91. The van der Waals surface area contributed by atoms with Crippen molar-refractivity contribution in [1.29, 1.82) is 0 Å². The van der Waals surface area contributed by atoms with Crippen molar-refractivity contribution in [3.63, 3.8) is 0 Å². The van der Waals surface area contributed by atoms with Crippen molar-refractivity contribution in [2.75, 3.05) is 7.11 Å². The number of halogens is 3. The van der Waals surface area contributed by atoms with Crippen LogP contribution in [0.4, 0.5) is 13.2 Å². The minimum Gasteiger partial charge on any atom is -0.496 e. The van der Waals surface area contributed by atoms with Crippen LogP contribution in [0.1, 0.15) is 16.7 Å². The van der Waals surface area contributed by atoms with Gasteiger partial charge in [-0.3, -0.25) is 0 Å². The first-order valence-electron chi connectivity index (χ1n) is 6.90. The Morgan fingerprint density at radius 3 is 2.30 bits per heavy atom. The lowest BCUT2D eigenvalue weighted by molar-refractivity contribution is -0.137. The summed E-state index contributed by atoms with van der Waals surface area (Å²) in [5.74, 6) is 0.738. The van der Waals surface area contributed by atoms with Gasteiger partial charge in [0.2, 0.25) is 0 Å². The Kier molecular flexibility index (Phi) is 3.50. The Labute approximate surface area is 130 Å². The molecular weight excluding hydrogens is 307 g/mol. The van der Waals surface area contributed by atoms with Crippen LogP contribution in [-0.4, -0.2) is 22.1 Å². The molecule has 2 aromatic carbocycles. The highest BCUT2D eigenvalue weighted by Gasteiger charge is 2.31. The molecule has 0 N–H and O–H groups in total.